The number of carbonyl (C=O) groups is 1. The second-order valence-corrected chi connectivity index (χ2v) is 5.82. The van der Waals surface area contributed by atoms with E-state index in [1.54, 1.807) is 6.07 Å². The molecular weight excluding hydrogens is 306 g/mol. The Balaban J connectivity index is 2.00. The Kier molecular flexibility index (Phi) is 6.03. The molecule has 0 aliphatic heterocycles. The first-order valence-electron chi connectivity index (χ1n) is 7.70. The number of nitro benzene ring substituents is 1. The summed E-state index contributed by atoms with van der Waals surface area (Å²) in [6.07, 6.45) is 0.809. The summed E-state index contributed by atoms with van der Waals surface area (Å²) in [4.78, 5) is 24.6. The van der Waals surface area contributed by atoms with E-state index in [1.807, 2.05) is 32.3 Å². The van der Waals surface area contributed by atoms with Gasteiger partial charge in [-0.1, -0.05) is 36.4 Å². The van der Waals surface area contributed by atoms with Crippen LogP contribution in [0, 0.1) is 10.1 Å². The zero-order valence-corrected chi connectivity index (χ0v) is 13.8. The Morgan fingerprint density at radius 2 is 1.88 bits per heavy atom. The minimum Gasteiger partial charge on any atom is -0.350 e. The Morgan fingerprint density at radius 3 is 2.50 bits per heavy atom. The number of amides is 1. The summed E-state index contributed by atoms with van der Waals surface area (Å²) in [5.74, 6) is -0.307. The van der Waals surface area contributed by atoms with Crippen molar-refractivity contribution in [3.8, 4) is 0 Å². The molecule has 2 aromatic rings. The molecule has 2 aromatic carbocycles. The van der Waals surface area contributed by atoms with Gasteiger partial charge in [-0.05, 0) is 32.1 Å². The van der Waals surface area contributed by atoms with Crippen LogP contribution in [0.1, 0.15) is 15.9 Å². The maximum absolute atomic E-state index is 12.2. The van der Waals surface area contributed by atoms with Crippen molar-refractivity contribution in [2.45, 2.75) is 12.5 Å². The van der Waals surface area contributed by atoms with Crippen molar-refractivity contribution < 1.29 is 9.72 Å². The van der Waals surface area contributed by atoms with Gasteiger partial charge in [-0.3, -0.25) is 14.9 Å². The van der Waals surface area contributed by atoms with Crippen molar-refractivity contribution in [2.24, 2.45) is 0 Å². The number of nitrogens with one attached hydrogen (secondary N) is 1. The molecule has 1 unspecified atom stereocenters. The largest absolute Gasteiger partial charge is 0.350 e. The first kappa shape index (κ1) is 17.6. The third kappa shape index (κ3) is 4.89. The zero-order valence-electron chi connectivity index (χ0n) is 13.8. The van der Waals surface area contributed by atoms with Crippen LogP contribution in [-0.4, -0.2) is 42.4 Å². The molecule has 6 heteroatoms. The van der Waals surface area contributed by atoms with E-state index in [-0.39, 0.29) is 17.6 Å². The van der Waals surface area contributed by atoms with Gasteiger partial charge in [0, 0.05) is 30.3 Å². The van der Waals surface area contributed by atoms with Gasteiger partial charge < -0.3 is 10.2 Å². The molecule has 24 heavy (non-hydrogen) atoms. The van der Waals surface area contributed by atoms with Gasteiger partial charge in [-0.25, -0.2) is 0 Å². The van der Waals surface area contributed by atoms with Crippen LogP contribution in [0.4, 0.5) is 5.69 Å². The SMILES string of the molecule is CN(C)C(CNC(=O)c1cccc([N+](=O)[O-])c1)Cc1ccccc1. The Hall–Kier alpha value is -2.73. The fourth-order valence-corrected chi connectivity index (χ4v) is 2.40. The van der Waals surface area contributed by atoms with Gasteiger partial charge >= 0.3 is 0 Å². The highest BCUT2D eigenvalue weighted by Crippen LogP contribution is 2.13. The highest BCUT2D eigenvalue weighted by atomic mass is 16.6. The summed E-state index contributed by atoms with van der Waals surface area (Å²) in [6, 6.07) is 15.9. The highest BCUT2D eigenvalue weighted by molar-refractivity contribution is 5.94. The molecule has 0 saturated heterocycles. The standard InChI is InChI=1S/C18H21N3O3/c1-20(2)17(11-14-7-4-3-5-8-14)13-19-18(22)15-9-6-10-16(12-15)21(23)24/h3-10,12,17H,11,13H2,1-2H3,(H,19,22). The number of nitrogens with zero attached hydrogens (tertiary/aromatic N) is 2. The van der Waals surface area contributed by atoms with E-state index < -0.39 is 4.92 Å². The summed E-state index contributed by atoms with van der Waals surface area (Å²) in [5.41, 5.74) is 1.40. The van der Waals surface area contributed by atoms with E-state index in [1.165, 1.54) is 23.8 Å². The second-order valence-electron chi connectivity index (χ2n) is 5.82. The number of nitro groups is 1. The predicted octanol–water partition coefficient (Wildman–Crippen LogP) is 2.50. The van der Waals surface area contributed by atoms with Gasteiger partial charge in [0.15, 0.2) is 0 Å². The summed E-state index contributed by atoms with van der Waals surface area (Å²) >= 11 is 0. The van der Waals surface area contributed by atoms with Gasteiger partial charge in [0.05, 0.1) is 4.92 Å². The molecule has 0 aliphatic rings. The minimum absolute atomic E-state index is 0.0869. The average molecular weight is 327 g/mol. The number of non-ortho nitro benzene ring substituents is 1. The topological polar surface area (TPSA) is 75.5 Å². The molecule has 0 radical (unpaired) electrons. The van der Waals surface area contributed by atoms with Crippen molar-refractivity contribution in [1.29, 1.82) is 0 Å². The summed E-state index contributed by atoms with van der Waals surface area (Å²) in [5, 5.41) is 13.7. The number of rotatable bonds is 7. The number of hydrogen-bond acceptors (Lipinski definition) is 4. The number of benzene rings is 2. The van der Waals surface area contributed by atoms with E-state index in [4.69, 9.17) is 0 Å². The van der Waals surface area contributed by atoms with Crippen LogP contribution >= 0.6 is 0 Å². The molecule has 1 amide bonds. The minimum atomic E-state index is -0.505. The maximum atomic E-state index is 12.2. The van der Waals surface area contributed by atoms with Crippen LogP contribution in [-0.2, 0) is 6.42 Å². The van der Waals surface area contributed by atoms with Crippen molar-refractivity contribution >= 4 is 11.6 Å². The fraction of sp³-hybridized carbons (Fsp3) is 0.278. The first-order valence-corrected chi connectivity index (χ1v) is 7.70. The quantitative estimate of drug-likeness (QED) is 0.626. The predicted molar refractivity (Wildman–Crippen MR) is 93.1 cm³/mol. The summed E-state index contributed by atoms with van der Waals surface area (Å²) in [7, 11) is 3.93. The van der Waals surface area contributed by atoms with Crippen LogP contribution in [0.2, 0.25) is 0 Å². The molecule has 0 bridgehead atoms. The average Bonchev–Trinajstić information content (AvgIpc) is 2.59. The molecule has 0 aromatic heterocycles. The molecule has 2 rings (SSSR count). The Labute approximate surface area is 141 Å². The third-order valence-electron chi connectivity index (χ3n) is 3.86. The molecule has 126 valence electrons. The zero-order chi connectivity index (χ0) is 17.5. The Morgan fingerprint density at radius 1 is 1.17 bits per heavy atom. The van der Waals surface area contributed by atoms with Gasteiger partial charge in [0.25, 0.3) is 11.6 Å². The first-order chi connectivity index (χ1) is 11.5. The van der Waals surface area contributed by atoms with Gasteiger partial charge in [-0.15, -0.1) is 0 Å². The van der Waals surface area contributed by atoms with Crippen molar-refractivity contribution in [2.75, 3.05) is 20.6 Å². The van der Waals surface area contributed by atoms with Crippen LogP contribution < -0.4 is 5.32 Å². The van der Waals surface area contributed by atoms with Gasteiger partial charge in [0.1, 0.15) is 0 Å². The molecular formula is C18H21N3O3. The number of carbonyl (C=O) groups excluding carboxylic acids is 1. The van der Waals surface area contributed by atoms with Crippen molar-refractivity contribution in [3.63, 3.8) is 0 Å². The normalized spacial score (nSPS) is 12.0. The van der Waals surface area contributed by atoms with E-state index in [2.05, 4.69) is 22.3 Å². The summed E-state index contributed by atoms with van der Waals surface area (Å²) < 4.78 is 0. The van der Waals surface area contributed by atoms with Gasteiger partial charge in [0.2, 0.25) is 0 Å². The van der Waals surface area contributed by atoms with E-state index in [0.29, 0.717) is 12.1 Å². The lowest BCUT2D eigenvalue weighted by Crippen LogP contribution is -2.41. The highest BCUT2D eigenvalue weighted by Gasteiger charge is 2.16. The Bertz CT molecular complexity index is 702. The molecule has 1 atom stereocenters. The number of likely N-dealkylation sites (N-methyl/N-ethyl adjacent to an activating group) is 1. The second kappa shape index (κ2) is 8.21. The molecule has 0 fully saturated rings. The molecule has 0 spiro atoms. The van der Waals surface area contributed by atoms with Crippen LogP contribution in [0.25, 0.3) is 0 Å². The molecule has 0 heterocycles. The fourth-order valence-electron chi connectivity index (χ4n) is 2.40. The smallest absolute Gasteiger partial charge is 0.270 e. The maximum Gasteiger partial charge on any atom is 0.270 e. The third-order valence-corrected chi connectivity index (χ3v) is 3.86. The lowest BCUT2D eigenvalue weighted by atomic mass is 10.0. The van der Waals surface area contributed by atoms with E-state index in [0.717, 1.165) is 6.42 Å². The monoisotopic (exact) mass is 327 g/mol. The van der Waals surface area contributed by atoms with Crippen molar-refractivity contribution in [1.82, 2.24) is 10.2 Å². The number of hydrogen-bond donors (Lipinski definition) is 1. The van der Waals surface area contributed by atoms with Crippen LogP contribution in [0.15, 0.2) is 54.6 Å². The molecule has 6 nitrogen and oxygen atoms in total. The molecule has 0 aliphatic carbocycles. The lowest BCUT2D eigenvalue weighted by molar-refractivity contribution is -0.384. The molecule has 0 saturated carbocycles. The van der Waals surface area contributed by atoms with Crippen molar-refractivity contribution in [3.05, 3.63) is 75.8 Å². The molecule has 1 N–H and O–H groups in total. The lowest BCUT2D eigenvalue weighted by Gasteiger charge is -2.24. The summed E-state index contributed by atoms with van der Waals surface area (Å²) in [6.45, 7) is 0.462. The van der Waals surface area contributed by atoms with Crippen LogP contribution in [0.5, 0.6) is 0 Å². The van der Waals surface area contributed by atoms with Gasteiger partial charge in [-0.2, -0.15) is 0 Å². The van der Waals surface area contributed by atoms with E-state index in [9.17, 15) is 14.9 Å². The van der Waals surface area contributed by atoms with Crippen LogP contribution in [0.3, 0.4) is 0 Å². The van der Waals surface area contributed by atoms with E-state index >= 15 is 0 Å².